The van der Waals surface area contributed by atoms with Crippen LogP contribution in [0, 0.1) is 43.4 Å². The van der Waals surface area contributed by atoms with Crippen molar-refractivity contribution in [3.05, 3.63) is 31.6 Å². The van der Waals surface area contributed by atoms with Crippen LogP contribution in [-0.2, 0) is 9.53 Å². The van der Waals surface area contributed by atoms with Crippen LogP contribution < -0.4 is 0 Å². The first-order valence-corrected chi connectivity index (χ1v) is 3.14. The molecule has 0 bridgehead atoms. The minimum Gasteiger partial charge on any atom is -0.459 e. The van der Waals surface area contributed by atoms with Crippen molar-refractivity contribution in [1.29, 1.82) is 0 Å². The van der Waals surface area contributed by atoms with Crippen LogP contribution in [0.4, 0.5) is 0 Å². The highest BCUT2D eigenvalue weighted by atomic mass is 16.5. The summed E-state index contributed by atoms with van der Waals surface area (Å²) in [6.07, 6.45) is 7.38. The van der Waals surface area contributed by atoms with E-state index in [-0.39, 0.29) is 0 Å². The number of rotatable bonds is 0. The van der Waals surface area contributed by atoms with Gasteiger partial charge < -0.3 is 4.74 Å². The van der Waals surface area contributed by atoms with Crippen LogP contribution in [0.25, 0.3) is 0 Å². The first kappa shape index (κ1) is 8.13. The van der Waals surface area contributed by atoms with E-state index in [0.29, 0.717) is 0 Å². The molecule has 0 unspecified atom stereocenters. The average molecular weight is 147 g/mol. The predicted molar refractivity (Wildman–Crippen MR) is 40.2 cm³/mol. The lowest BCUT2D eigenvalue weighted by Gasteiger charge is -1.92. The van der Waals surface area contributed by atoms with Gasteiger partial charge >= 0.3 is 5.97 Å². The van der Waals surface area contributed by atoms with Crippen LogP contribution >= 0.6 is 0 Å². The highest BCUT2D eigenvalue weighted by Gasteiger charge is 2.14. The van der Waals surface area contributed by atoms with E-state index in [0.717, 1.165) is 5.92 Å². The molecule has 11 heavy (non-hydrogen) atoms. The zero-order chi connectivity index (χ0) is 8.10. The van der Waals surface area contributed by atoms with Gasteiger partial charge in [0.05, 0.1) is 13.0 Å². The van der Waals surface area contributed by atoms with E-state index in [2.05, 4.69) is 16.6 Å². The summed E-state index contributed by atoms with van der Waals surface area (Å²) >= 11 is 0. The quantitative estimate of drug-likeness (QED) is 0.284. The van der Waals surface area contributed by atoms with Gasteiger partial charge in [0, 0.05) is 5.92 Å². The standard InChI is InChI=1S/C9H7O2/c1-11-9(10)7-6-8-4-2-3-5-8/h2-5H,1H3. The third-order valence-electron chi connectivity index (χ3n) is 1.16. The molecule has 0 aliphatic heterocycles. The van der Waals surface area contributed by atoms with E-state index < -0.39 is 5.97 Å². The van der Waals surface area contributed by atoms with Crippen LogP contribution in [-0.4, -0.2) is 13.1 Å². The monoisotopic (exact) mass is 147 g/mol. The van der Waals surface area contributed by atoms with Gasteiger partial charge in [-0.25, -0.2) is 4.79 Å². The highest BCUT2D eigenvalue weighted by molar-refractivity contribution is 5.89. The molecule has 1 aliphatic rings. The normalized spacial score (nSPS) is 17.2. The lowest BCUT2D eigenvalue weighted by Crippen LogP contribution is -1.96. The molecule has 2 nitrogen and oxygen atoms in total. The SMILES string of the molecule is COC(=O)C#C[C]1[CH][CH][CH][CH]1. The van der Waals surface area contributed by atoms with Crippen molar-refractivity contribution < 1.29 is 9.53 Å². The Morgan fingerprint density at radius 3 is 2.64 bits per heavy atom. The van der Waals surface area contributed by atoms with Crippen molar-refractivity contribution in [3.8, 4) is 11.8 Å². The minimum atomic E-state index is -0.508. The van der Waals surface area contributed by atoms with E-state index in [1.54, 1.807) is 0 Å². The molecule has 1 rings (SSSR count). The Kier molecular flexibility index (Phi) is 2.97. The van der Waals surface area contributed by atoms with Crippen molar-refractivity contribution >= 4 is 5.97 Å². The van der Waals surface area contributed by atoms with Gasteiger partial charge in [-0.3, -0.25) is 0 Å². The van der Waals surface area contributed by atoms with E-state index in [9.17, 15) is 4.79 Å². The van der Waals surface area contributed by atoms with E-state index in [4.69, 9.17) is 0 Å². The largest absolute Gasteiger partial charge is 0.459 e. The smallest absolute Gasteiger partial charge is 0.384 e. The van der Waals surface area contributed by atoms with Gasteiger partial charge in [0.1, 0.15) is 0 Å². The molecule has 0 aromatic heterocycles. The Hall–Kier alpha value is -0.970. The molecule has 5 radical (unpaired) electrons. The predicted octanol–water partition coefficient (Wildman–Crippen LogP) is 0.568. The van der Waals surface area contributed by atoms with Gasteiger partial charge in [0.15, 0.2) is 0 Å². The molecule has 0 saturated heterocycles. The zero-order valence-electron chi connectivity index (χ0n) is 6.13. The molecule has 0 atom stereocenters. The fraction of sp³-hybridized carbons (Fsp3) is 0.111. The van der Waals surface area contributed by atoms with Crippen LogP contribution in [0.1, 0.15) is 0 Å². The summed E-state index contributed by atoms with van der Waals surface area (Å²) in [5, 5.41) is 0. The van der Waals surface area contributed by atoms with Crippen molar-refractivity contribution in [2.75, 3.05) is 7.11 Å². The summed E-state index contributed by atoms with van der Waals surface area (Å²) in [7, 11) is 1.31. The molecule has 1 fully saturated rings. The lowest BCUT2D eigenvalue weighted by atomic mass is 10.1. The number of esters is 1. The second kappa shape index (κ2) is 4.02. The number of carbonyl (C=O) groups is 1. The van der Waals surface area contributed by atoms with Crippen molar-refractivity contribution in [3.63, 3.8) is 0 Å². The molecule has 0 aromatic carbocycles. The Labute approximate surface area is 66.9 Å². The Bertz CT molecular complexity index is 191. The fourth-order valence-corrected chi connectivity index (χ4v) is 0.632. The molecule has 1 saturated carbocycles. The summed E-state index contributed by atoms with van der Waals surface area (Å²) in [4.78, 5) is 10.5. The van der Waals surface area contributed by atoms with Crippen LogP contribution in [0.5, 0.6) is 0 Å². The fourth-order valence-electron chi connectivity index (χ4n) is 0.632. The van der Waals surface area contributed by atoms with E-state index in [1.807, 2.05) is 25.7 Å². The minimum absolute atomic E-state index is 0.508. The first-order valence-electron chi connectivity index (χ1n) is 3.14. The summed E-state index contributed by atoms with van der Waals surface area (Å²) < 4.78 is 4.34. The maximum Gasteiger partial charge on any atom is 0.384 e. The summed E-state index contributed by atoms with van der Waals surface area (Å²) in [5.74, 6) is 5.30. The van der Waals surface area contributed by atoms with Gasteiger partial charge in [0.25, 0.3) is 0 Å². The number of hydrogen-bond acceptors (Lipinski definition) is 2. The van der Waals surface area contributed by atoms with Crippen molar-refractivity contribution in [2.45, 2.75) is 0 Å². The maximum atomic E-state index is 10.5. The number of hydrogen-bond donors (Lipinski definition) is 0. The van der Waals surface area contributed by atoms with Crippen LogP contribution in [0.2, 0.25) is 0 Å². The summed E-state index contributed by atoms with van der Waals surface area (Å²) in [6.45, 7) is 0. The third kappa shape index (κ3) is 2.63. The molecule has 0 N–H and O–H groups in total. The zero-order valence-corrected chi connectivity index (χ0v) is 6.13. The van der Waals surface area contributed by atoms with Crippen LogP contribution in [0.3, 0.4) is 0 Å². The number of methoxy groups -OCH3 is 1. The average Bonchev–Trinajstić information content (AvgIpc) is 2.52. The molecular weight excluding hydrogens is 140 g/mol. The third-order valence-corrected chi connectivity index (χ3v) is 1.16. The maximum absolute atomic E-state index is 10.5. The second-order valence-corrected chi connectivity index (χ2v) is 1.92. The molecule has 55 valence electrons. The number of ether oxygens (including phenoxy) is 1. The van der Waals surface area contributed by atoms with Gasteiger partial charge in [0.2, 0.25) is 0 Å². The molecular formula is C9H7O2. The molecule has 1 aliphatic carbocycles. The topological polar surface area (TPSA) is 26.3 Å². The molecule has 2 heteroatoms. The summed E-state index contributed by atoms with van der Waals surface area (Å²) in [5.41, 5.74) is 0. The Morgan fingerprint density at radius 2 is 2.09 bits per heavy atom. The first-order chi connectivity index (χ1) is 5.33. The van der Waals surface area contributed by atoms with Crippen molar-refractivity contribution in [1.82, 2.24) is 0 Å². The highest BCUT2D eigenvalue weighted by Crippen LogP contribution is 2.21. The van der Waals surface area contributed by atoms with Crippen molar-refractivity contribution in [2.24, 2.45) is 0 Å². The lowest BCUT2D eigenvalue weighted by molar-refractivity contribution is -0.133. The molecule has 0 spiro atoms. The van der Waals surface area contributed by atoms with Gasteiger partial charge in [-0.05, 0) is 25.7 Å². The van der Waals surface area contributed by atoms with E-state index in [1.165, 1.54) is 7.11 Å². The molecule has 0 aromatic rings. The van der Waals surface area contributed by atoms with Gasteiger partial charge in [-0.15, -0.1) is 0 Å². The van der Waals surface area contributed by atoms with E-state index >= 15 is 0 Å². The number of carbonyl (C=O) groups excluding carboxylic acids is 1. The second-order valence-electron chi connectivity index (χ2n) is 1.92. The Morgan fingerprint density at radius 1 is 1.45 bits per heavy atom. The van der Waals surface area contributed by atoms with Gasteiger partial charge in [-0.2, -0.15) is 0 Å². The molecule has 0 amide bonds. The van der Waals surface area contributed by atoms with Gasteiger partial charge in [-0.1, -0.05) is 5.92 Å². The summed E-state index contributed by atoms with van der Waals surface area (Å²) in [6, 6.07) is 0. The molecule has 0 heterocycles. The van der Waals surface area contributed by atoms with Crippen LogP contribution in [0.15, 0.2) is 0 Å². The Balaban J connectivity index is 2.36.